The number of amidine groups is 1. The molecule has 0 aliphatic heterocycles. The van der Waals surface area contributed by atoms with Crippen LogP contribution in [0.1, 0.15) is 13.8 Å². The Bertz CT molecular complexity index is 307. The van der Waals surface area contributed by atoms with Gasteiger partial charge in [-0.3, -0.25) is 4.99 Å². The van der Waals surface area contributed by atoms with Crippen LogP contribution in [-0.2, 0) is 0 Å². The third kappa shape index (κ3) is 5.47. The lowest BCUT2D eigenvalue weighted by molar-refractivity contribution is 0.665. The van der Waals surface area contributed by atoms with Crippen molar-refractivity contribution in [1.29, 1.82) is 0 Å². The van der Waals surface area contributed by atoms with Crippen molar-refractivity contribution >= 4 is 17.6 Å². The summed E-state index contributed by atoms with van der Waals surface area (Å²) in [6.45, 7) is 5.10. The van der Waals surface area contributed by atoms with Crippen molar-refractivity contribution in [1.82, 2.24) is 0 Å². The Morgan fingerprint density at radius 2 is 2.00 bits per heavy atom. The van der Waals surface area contributed by atoms with Crippen LogP contribution in [0.15, 0.2) is 40.2 Å². The molecule has 82 valence electrons. The van der Waals surface area contributed by atoms with E-state index in [4.69, 9.17) is 5.73 Å². The van der Waals surface area contributed by atoms with Crippen LogP contribution in [0.5, 0.6) is 0 Å². The number of nitrogens with two attached hydrogens (primary N) is 1. The minimum absolute atomic E-state index is 0.574. The van der Waals surface area contributed by atoms with E-state index in [1.165, 1.54) is 4.90 Å². The molecule has 0 aliphatic rings. The highest BCUT2D eigenvalue weighted by atomic mass is 32.2. The van der Waals surface area contributed by atoms with Gasteiger partial charge in [0, 0.05) is 11.4 Å². The second-order valence-corrected chi connectivity index (χ2v) is 4.88. The van der Waals surface area contributed by atoms with E-state index in [0.717, 1.165) is 18.1 Å². The second kappa shape index (κ2) is 6.51. The van der Waals surface area contributed by atoms with Crippen molar-refractivity contribution in [2.24, 2.45) is 16.6 Å². The largest absolute Gasteiger partial charge is 0.387 e. The van der Waals surface area contributed by atoms with E-state index in [-0.39, 0.29) is 0 Å². The molecule has 3 heteroatoms. The zero-order chi connectivity index (χ0) is 11.1. The van der Waals surface area contributed by atoms with Crippen molar-refractivity contribution in [3.05, 3.63) is 30.3 Å². The summed E-state index contributed by atoms with van der Waals surface area (Å²) in [5, 5.41) is 0. The molecule has 0 radical (unpaired) electrons. The molecule has 0 amide bonds. The fourth-order valence-corrected chi connectivity index (χ4v) is 1.77. The van der Waals surface area contributed by atoms with Crippen molar-refractivity contribution in [3.63, 3.8) is 0 Å². The summed E-state index contributed by atoms with van der Waals surface area (Å²) >= 11 is 1.72. The maximum Gasteiger partial charge on any atom is 0.104 e. The Kier molecular flexibility index (Phi) is 5.26. The highest BCUT2D eigenvalue weighted by Crippen LogP contribution is 2.16. The van der Waals surface area contributed by atoms with Gasteiger partial charge in [-0.25, -0.2) is 0 Å². The number of rotatable bonds is 5. The van der Waals surface area contributed by atoms with Gasteiger partial charge in [-0.05, 0) is 18.1 Å². The van der Waals surface area contributed by atoms with Gasteiger partial charge >= 0.3 is 0 Å². The second-order valence-electron chi connectivity index (χ2n) is 3.83. The Labute approximate surface area is 96.0 Å². The van der Waals surface area contributed by atoms with Gasteiger partial charge in [-0.1, -0.05) is 32.0 Å². The van der Waals surface area contributed by atoms with Crippen LogP contribution >= 0.6 is 11.8 Å². The first-order valence-corrected chi connectivity index (χ1v) is 6.13. The number of hydrogen-bond acceptors (Lipinski definition) is 2. The first kappa shape index (κ1) is 12.1. The van der Waals surface area contributed by atoms with Gasteiger partial charge in [0.1, 0.15) is 5.84 Å². The summed E-state index contributed by atoms with van der Waals surface area (Å²) < 4.78 is 0. The smallest absolute Gasteiger partial charge is 0.104 e. The highest BCUT2D eigenvalue weighted by molar-refractivity contribution is 8.00. The zero-order valence-corrected chi connectivity index (χ0v) is 10.1. The van der Waals surface area contributed by atoms with Gasteiger partial charge in [0.2, 0.25) is 0 Å². The van der Waals surface area contributed by atoms with Gasteiger partial charge in [-0.15, -0.1) is 11.8 Å². The Morgan fingerprint density at radius 1 is 1.33 bits per heavy atom. The van der Waals surface area contributed by atoms with Gasteiger partial charge in [-0.2, -0.15) is 0 Å². The molecule has 1 aromatic carbocycles. The van der Waals surface area contributed by atoms with E-state index in [1.54, 1.807) is 11.8 Å². The van der Waals surface area contributed by atoms with Crippen molar-refractivity contribution in [3.8, 4) is 0 Å². The molecule has 15 heavy (non-hydrogen) atoms. The zero-order valence-electron chi connectivity index (χ0n) is 9.31. The van der Waals surface area contributed by atoms with E-state index < -0.39 is 0 Å². The van der Waals surface area contributed by atoms with Crippen LogP contribution in [0.25, 0.3) is 0 Å². The molecule has 0 aliphatic carbocycles. The quantitative estimate of drug-likeness (QED) is 0.472. The maximum atomic E-state index is 5.80. The molecule has 0 heterocycles. The lowest BCUT2D eigenvalue weighted by Gasteiger charge is -2.03. The lowest BCUT2D eigenvalue weighted by Crippen LogP contribution is -2.16. The molecule has 2 nitrogen and oxygen atoms in total. The SMILES string of the molecule is CC(C)CN=C(N)CSc1ccccc1. The van der Waals surface area contributed by atoms with Gasteiger partial charge in [0.25, 0.3) is 0 Å². The van der Waals surface area contributed by atoms with E-state index in [1.807, 2.05) is 18.2 Å². The third-order valence-corrected chi connectivity index (χ3v) is 2.84. The van der Waals surface area contributed by atoms with E-state index in [0.29, 0.717) is 5.92 Å². The molecule has 0 aromatic heterocycles. The lowest BCUT2D eigenvalue weighted by atomic mass is 10.2. The Balaban J connectivity index is 2.34. The average molecular weight is 222 g/mol. The summed E-state index contributed by atoms with van der Waals surface area (Å²) in [4.78, 5) is 5.55. The fraction of sp³-hybridized carbons (Fsp3) is 0.417. The fourth-order valence-electron chi connectivity index (χ4n) is 1.02. The average Bonchev–Trinajstić information content (AvgIpc) is 2.25. The van der Waals surface area contributed by atoms with Crippen LogP contribution in [-0.4, -0.2) is 18.1 Å². The van der Waals surface area contributed by atoms with E-state index >= 15 is 0 Å². The van der Waals surface area contributed by atoms with Crippen LogP contribution in [0, 0.1) is 5.92 Å². The van der Waals surface area contributed by atoms with Crippen molar-refractivity contribution in [2.45, 2.75) is 18.7 Å². The summed E-state index contributed by atoms with van der Waals surface area (Å²) in [7, 11) is 0. The highest BCUT2D eigenvalue weighted by Gasteiger charge is 1.97. The van der Waals surface area contributed by atoms with Crippen LogP contribution < -0.4 is 5.73 Å². The minimum atomic E-state index is 0.574. The number of hydrogen-bond donors (Lipinski definition) is 1. The molecular weight excluding hydrogens is 204 g/mol. The van der Waals surface area contributed by atoms with Crippen molar-refractivity contribution in [2.75, 3.05) is 12.3 Å². The monoisotopic (exact) mass is 222 g/mol. The third-order valence-electron chi connectivity index (χ3n) is 1.79. The molecule has 0 fully saturated rings. The summed E-state index contributed by atoms with van der Waals surface area (Å²) in [5.74, 6) is 2.08. The first-order valence-electron chi connectivity index (χ1n) is 5.15. The molecule has 2 N–H and O–H groups in total. The molecule has 1 aromatic rings. The number of benzene rings is 1. The minimum Gasteiger partial charge on any atom is -0.387 e. The predicted octanol–water partition coefficient (Wildman–Crippen LogP) is 2.79. The molecule has 0 saturated carbocycles. The topological polar surface area (TPSA) is 38.4 Å². The Hall–Kier alpha value is -0.960. The molecule has 0 saturated heterocycles. The summed E-state index contributed by atoms with van der Waals surface area (Å²) in [5.41, 5.74) is 5.80. The van der Waals surface area contributed by atoms with Gasteiger partial charge in [0.15, 0.2) is 0 Å². The molecule has 0 unspecified atom stereocenters. The van der Waals surface area contributed by atoms with E-state index in [2.05, 4.69) is 31.0 Å². The van der Waals surface area contributed by atoms with E-state index in [9.17, 15) is 0 Å². The number of aliphatic imine (C=N–C) groups is 1. The summed E-state index contributed by atoms with van der Waals surface area (Å²) in [6, 6.07) is 10.2. The standard InChI is InChI=1S/C12H18N2S/c1-10(2)8-14-12(13)9-15-11-6-4-3-5-7-11/h3-7,10H,8-9H2,1-2H3,(H2,13,14). The predicted molar refractivity (Wildman–Crippen MR) is 68.5 cm³/mol. The molecular formula is C12H18N2S. The van der Waals surface area contributed by atoms with Crippen LogP contribution in [0.3, 0.4) is 0 Å². The molecule has 0 spiro atoms. The first-order chi connectivity index (χ1) is 7.18. The number of thioether (sulfide) groups is 1. The Morgan fingerprint density at radius 3 is 2.60 bits per heavy atom. The van der Waals surface area contributed by atoms with Gasteiger partial charge < -0.3 is 5.73 Å². The number of nitrogens with zero attached hydrogens (tertiary/aromatic N) is 1. The van der Waals surface area contributed by atoms with Gasteiger partial charge in [0.05, 0.1) is 5.75 Å². The maximum absolute atomic E-state index is 5.80. The normalized spacial score (nSPS) is 12.1. The van der Waals surface area contributed by atoms with Crippen LogP contribution in [0.4, 0.5) is 0 Å². The van der Waals surface area contributed by atoms with Crippen molar-refractivity contribution < 1.29 is 0 Å². The molecule has 1 rings (SSSR count). The summed E-state index contributed by atoms with van der Waals surface area (Å²) in [6.07, 6.45) is 0. The molecule has 0 atom stereocenters. The molecule has 0 bridgehead atoms. The van der Waals surface area contributed by atoms with Crippen LogP contribution in [0.2, 0.25) is 0 Å².